The van der Waals surface area contributed by atoms with E-state index in [9.17, 15) is 4.79 Å². The molecular formula is C23H29N3O3S. The Balaban J connectivity index is 1.25. The molecule has 2 aromatic rings. The minimum absolute atomic E-state index is 0.0422. The van der Waals surface area contributed by atoms with Gasteiger partial charge in [-0.3, -0.25) is 9.69 Å². The largest absolute Gasteiger partial charge is 0.495 e. The number of nitrogens with zero attached hydrogens (tertiary/aromatic N) is 2. The van der Waals surface area contributed by atoms with Crippen LogP contribution in [0, 0.1) is 0 Å². The van der Waals surface area contributed by atoms with E-state index in [0.29, 0.717) is 0 Å². The molecule has 1 N–H and O–H groups in total. The number of carbonyl (C=O) groups is 1. The maximum absolute atomic E-state index is 12.5. The van der Waals surface area contributed by atoms with Gasteiger partial charge in [-0.2, -0.15) is 0 Å². The van der Waals surface area contributed by atoms with E-state index in [4.69, 9.17) is 9.47 Å². The fraction of sp³-hybridized carbons (Fsp3) is 0.435. The zero-order valence-corrected chi connectivity index (χ0v) is 18.4. The Labute approximate surface area is 182 Å². The van der Waals surface area contributed by atoms with Gasteiger partial charge >= 0.3 is 0 Å². The molecule has 0 spiro atoms. The van der Waals surface area contributed by atoms with Gasteiger partial charge in [-0.1, -0.05) is 18.2 Å². The van der Waals surface area contributed by atoms with Gasteiger partial charge in [0.15, 0.2) is 0 Å². The summed E-state index contributed by atoms with van der Waals surface area (Å²) in [6.07, 6.45) is 1.89. The predicted molar refractivity (Wildman–Crippen MR) is 122 cm³/mol. The predicted octanol–water partition coefficient (Wildman–Crippen LogP) is 3.72. The number of fused-ring (bicyclic) bond motifs is 1. The molecule has 2 aliphatic rings. The Bertz CT molecular complexity index is 884. The van der Waals surface area contributed by atoms with E-state index in [1.165, 1.54) is 5.69 Å². The van der Waals surface area contributed by atoms with Gasteiger partial charge in [0.2, 0.25) is 5.91 Å². The van der Waals surface area contributed by atoms with E-state index < -0.39 is 0 Å². The molecule has 2 heterocycles. The van der Waals surface area contributed by atoms with Gasteiger partial charge in [-0.25, -0.2) is 0 Å². The second kappa shape index (κ2) is 9.62. The summed E-state index contributed by atoms with van der Waals surface area (Å²) in [5, 5.41) is 2.99. The highest BCUT2D eigenvalue weighted by molar-refractivity contribution is 8.01. The summed E-state index contributed by atoms with van der Waals surface area (Å²) >= 11 is 1.65. The zero-order chi connectivity index (χ0) is 20.9. The Morgan fingerprint density at radius 1 is 1.00 bits per heavy atom. The number of nitrogens with one attached hydrogen (secondary N) is 1. The van der Waals surface area contributed by atoms with Crippen LogP contribution < -0.4 is 19.7 Å². The first-order valence-electron chi connectivity index (χ1n) is 10.4. The lowest BCUT2D eigenvalue weighted by Gasteiger charge is -2.36. The third-order valence-electron chi connectivity index (χ3n) is 5.76. The third kappa shape index (κ3) is 4.52. The summed E-state index contributed by atoms with van der Waals surface area (Å²) in [6, 6.07) is 14.1. The maximum atomic E-state index is 12.5. The van der Waals surface area contributed by atoms with Crippen molar-refractivity contribution in [1.82, 2.24) is 4.90 Å². The Morgan fingerprint density at radius 3 is 2.50 bits per heavy atom. The number of methoxy groups -OCH3 is 2. The van der Waals surface area contributed by atoms with Crippen molar-refractivity contribution in [3.05, 3.63) is 42.5 Å². The van der Waals surface area contributed by atoms with Crippen molar-refractivity contribution in [2.45, 2.75) is 23.0 Å². The van der Waals surface area contributed by atoms with Crippen molar-refractivity contribution in [3.8, 4) is 11.5 Å². The lowest BCUT2D eigenvalue weighted by molar-refractivity contribution is -0.116. The van der Waals surface area contributed by atoms with Gasteiger partial charge in [0.25, 0.3) is 0 Å². The van der Waals surface area contributed by atoms with E-state index in [1.54, 1.807) is 26.0 Å². The highest BCUT2D eigenvalue weighted by Crippen LogP contribution is 2.42. The molecule has 0 aromatic heterocycles. The van der Waals surface area contributed by atoms with Crippen LogP contribution in [-0.2, 0) is 4.79 Å². The molecule has 0 radical (unpaired) electrons. The first kappa shape index (κ1) is 20.9. The number of hydrogen-bond donors (Lipinski definition) is 1. The molecule has 160 valence electrons. The average Bonchev–Trinajstić information content (AvgIpc) is 2.79. The summed E-state index contributed by atoms with van der Waals surface area (Å²) in [5.74, 6) is 1.74. The third-order valence-corrected chi connectivity index (χ3v) is 7.09. The van der Waals surface area contributed by atoms with Crippen LogP contribution in [0.2, 0.25) is 0 Å². The van der Waals surface area contributed by atoms with Crippen molar-refractivity contribution in [2.75, 3.05) is 57.2 Å². The topological polar surface area (TPSA) is 54.0 Å². The number of carbonyl (C=O) groups excluding carboxylic acids is 1. The second-order valence-corrected chi connectivity index (χ2v) is 8.82. The van der Waals surface area contributed by atoms with Gasteiger partial charge < -0.3 is 19.7 Å². The molecule has 2 aliphatic heterocycles. The molecule has 7 heteroatoms. The molecule has 1 atom stereocenters. The number of piperazine rings is 1. The van der Waals surface area contributed by atoms with Crippen LogP contribution in [0.5, 0.6) is 11.5 Å². The molecule has 1 unspecified atom stereocenters. The number of amides is 1. The lowest BCUT2D eigenvalue weighted by Crippen LogP contribution is -2.46. The minimum atomic E-state index is -0.0422. The van der Waals surface area contributed by atoms with Gasteiger partial charge in [0, 0.05) is 31.1 Å². The average molecular weight is 428 g/mol. The SMILES string of the molecule is COc1ccccc1N1CCN(CCCC2Sc3cccc(OC)c3NC2=O)CC1. The first-order chi connectivity index (χ1) is 14.7. The van der Waals surface area contributed by atoms with E-state index >= 15 is 0 Å². The van der Waals surface area contributed by atoms with Gasteiger partial charge in [0.1, 0.15) is 11.5 Å². The Kier molecular flexibility index (Phi) is 6.69. The molecule has 6 nitrogen and oxygen atoms in total. The van der Waals surface area contributed by atoms with E-state index in [0.717, 1.165) is 67.6 Å². The lowest BCUT2D eigenvalue weighted by atomic mass is 10.1. The Morgan fingerprint density at radius 2 is 1.73 bits per heavy atom. The van der Waals surface area contributed by atoms with Crippen LogP contribution in [0.25, 0.3) is 0 Å². The van der Waals surface area contributed by atoms with Crippen LogP contribution in [0.15, 0.2) is 47.4 Å². The fourth-order valence-corrected chi connectivity index (χ4v) is 5.29. The van der Waals surface area contributed by atoms with Crippen LogP contribution in [-0.4, -0.2) is 63.0 Å². The zero-order valence-electron chi connectivity index (χ0n) is 17.6. The molecule has 30 heavy (non-hydrogen) atoms. The first-order valence-corrected chi connectivity index (χ1v) is 11.3. The summed E-state index contributed by atoms with van der Waals surface area (Å²) in [7, 11) is 3.36. The van der Waals surface area contributed by atoms with Crippen LogP contribution in [0.1, 0.15) is 12.8 Å². The van der Waals surface area contributed by atoms with Crippen molar-refractivity contribution in [1.29, 1.82) is 0 Å². The monoisotopic (exact) mass is 427 g/mol. The highest BCUT2D eigenvalue weighted by Gasteiger charge is 2.29. The molecule has 4 rings (SSSR count). The van der Waals surface area contributed by atoms with Crippen LogP contribution in [0.4, 0.5) is 11.4 Å². The van der Waals surface area contributed by atoms with Crippen molar-refractivity contribution < 1.29 is 14.3 Å². The Hall–Kier alpha value is -2.38. The van der Waals surface area contributed by atoms with Crippen molar-refractivity contribution in [3.63, 3.8) is 0 Å². The molecule has 1 amide bonds. The van der Waals surface area contributed by atoms with Crippen molar-refractivity contribution >= 4 is 29.0 Å². The molecule has 0 bridgehead atoms. The normalized spacial score (nSPS) is 19.2. The van der Waals surface area contributed by atoms with E-state index in [-0.39, 0.29) is 11.2 Å². The number of ether oxygens (including phenoxy) is 2. The van der Waals surface area contributed by atoms with Crippen molar-refractivity contribution in [2.24, 2.45) is 0 Å². The molecule has 1 saturated heterocycles. The van der Waals surface area contributed by atoms with E-state index in [2.05, 4.69) is 27.2 Å². The number of hydrogen-bond acceptors (Lipinski definition) is 6. The van der Waals surface area contributed by atoms with Crippen LogP contribution >= 0.6 is 11.8 Å². The fourth-order valence-electron chi connectivity index (χ4n) is 4.11. The molecular weight excluding hydrogens is 398 g/mol. The number of anilines is 2. The van der Waals surface area contributed by atoms with E-state index in [1.807, 2.05) is 30.3 Å². The summed E-state index contributed by atoms with van der Waals surface area (Å²) in [5.41, 5.74) is 1.97. The van der Waals surface area contributed by atoms with Gasteiger partial charge in [-0.05, 0) is 43.7 Å². The van der Waals surface area contributed by atoms with Gasteiger partial charge in [0.05, 0.1) is 30.8 Å². The summed E-state index contributed by atoms with van der Waals surface area (Å²) in [4.78, 5) is 18.5. The molecule has 0 aliphatic carbocycles. The quantitative estimate of drug-likeness (QED) is 0.727. The maximum Gasteiger partial charge on any atom is 0.237 e. The van der Waals surface area contributed by atoms with Crippen LogP contribution in [0.3, 0.4) is 0 Å². The summed E-state index contributed by atoms with van der Waals surface area (Å²) in [6.45, 7) is 5.07. The minimum Gasteiger partial charge on any atom is -0.495 e. The number of rotatable bonds is 7. The molecule has 2 aromatic carbocycles. The van der Waals surface area contributed by atoms with Gasteiger partial charge in [-0.15, -0.1) is 11.8 Å². The second-order valence-electron chi connectivity index (χ2n) is 7.57. The number of benzene rings is 2. The molecule has 1 fully saturated rings. The number of thioether (sulfide) groups is 1. The standard InChI is InChI=1S/C23H29N3O3S/c1-28-18-8-4-3-7-17(18)26-15-13-25(14-16-26)12-6-11-21-23(27)24-22-19(29-2)9-5-10-20(22)30-21/h3-5,7-10,21H,6,11-16H2,1-2H3,(H,24,27). The molecule has 0 saturated carbocycles. The highest BCUT2D eigenvalue weighted by atomic mass is 32.2. The number of para-hydroxylation sites is 3. The smallest absolute Gasteiger partial charge is 0.237 e. The summed E-state index contributed by atoms with van der Waals surface area (Å²) < 4.78 is 10.9.